The molecule has 2 atom stereocenters. The molecule has 0 bridgehead atoms. The lowest BCUT2D eigenvalue weighted by Crippen LogP contribution is -2.29. The third-order valence-electron chi connectivity index (χ3n) is 3.62. The molecule has 1 N–H and O–H groups in total. The first-order chi connectivity index (χ1) is 8.85. The van der Waals surface area contributed by atoms with Crippen molar-refractivity contribution in [2.24, 2.45) is 5.92 Å². The molecule has 1 aromatic heterocycles. The first-order valence-corrected chi connectivity index (χ1v) is 9.07. The van der Waals surface area contributed by atoms with E-state index in [1.54, 1.807) is 6.20 Å². The van der Waals surface area contributed by atoms with E-state index in [4.69, 9.17) is 0 Å². The number of aromatic nitrogens is 2. The van der Waals surface area contributed by atoms with E-state index in [2.05, 4.69) is 40.2 Å². The van der Waals surface area contributed by atoms with Gasteiger partial charge in [0.05, 0.1) is 33.9 Å². The molecule has 1 aliphatic heterocycles. The molecule has 5 nitrogen and oxygen atoms in total. The normalized spacial score (nSPS) is 23.9. The molecule has 2 unspecified atom stereocenters. The van der Waals surface area contributed by atoms with E-state index in [1.165, 1.54) is 0 Å². The Kier molecular flexibility index (Phi) is 4.37. The summed E-state index contributed by atoms with van der Waals surface area (Å²) in [5.41, 5.74) is 1.04. The molecule has 7 heteroatoms. The van der Waals surface area contributed by atoms with Crippen LogP contribution in [0.25, 0.3) is 0 Å². The van der Waals surface area contributed by atoms with Crippen LogP contribution in [0, 0.1) is 5.92 Å². The van der Waals surface area contributed by atoms with Crippen LogP contribution < -0.4 is 5.32 Å². The largest absolute Gasteiger partial charge is 0.311 e. The van der Waals surface area contributed by atoms with Crippen molar-refractivity contribution in [3.63, 3.8) is 0 Å². The second kappa shape index (κ2) is 5.54. The minimum atomic E-state index is -2.87. The van der Waals surface area contributed by atoms with E-state index in [1.807, 2.05) is 11.7 Å². The minimum Gasteiger partial charge on any atom is -0.311 e. The summed E-state index contributed by atoms with van der Waals surface area (Å²) in [6, 6.07) is 0.256. The number of nitrogens with zero attached hydrogens (tertiary/aromatic N) is 2. The maximum Gasteiger partial charge on any atom is 0.150 e. The topological polar surface area (TPSA) is 64.0 Å². The minimum absolute atomic E-state index is 0.0107. The first-order valence-electron chi connectivity index (χ1n) is 6.46. The van der Waals surface area contributed by atoms with Gasteiger partial charge in [0.25, 0.3) is 0 Å². The Bertz CT molecular complexity index is 553. The average Bonchev–Trinajstić information content (AvgIpc) is 2.85. The highest BCUT2D eigenvalue weighted by atomic mass is 79.9. The highest BCUT2D eigenvalue weighted by Crippen LogP contribution is 2.35. The van der Waals surface area contributed by atoms with Crippen LogP contribution in [0.5, 0.6) is 0 Å². The van der Waals surface area contributed by atoms with Gasteiger partial charge in [-0.15, -0.1) is 0 Å². The smallest absolute Gasteiger partial charge is 0.150 e. The molecular formula is C12H20BrN3O2S. The van der Waals surface area contributed by atoms with Gasteiger partial charge < -0.3 is 5.32 Å². The molecule has 1 aromatic rings. The van der Waals surface area contributed by atoms with Crippen molar-refractivity contribution >= 4 is 25.8 Å². The molecule has 1 aliphatic rings. The number of nitrogens with one attached hydrogen (secondary N) is 1. The fourth-order valence-corrected chi connectivity index (χ4v) is 5.10. The van der Waals surface area contributed by atoms with Gasteiger partial charge in [-0.05, 0) is 49.2 Å². The van der Waals surface area contributed by atoms with Gasteiger partial charge in [0, 0.05) is 6.04 Å². The zero-order valence-electron chi connectivity index (χ0n) is 11.4. The summed E-state index contributed by atoms with van der Waals surface area (Å²) in [5, 5.41) is 7.64. The molecule has 2 heterocycles. The van der Waals surface area contributed by atoms with E-state index < -0.39 is 9.84 Å². The van der Waals surface area contributed by atoms with Crippen LogP contribution in [-0.2, 0) is 9.84 Å². The molecule has 1 saturated heterocycles. The van der Waals surface area contributed by atoms with Crippen LogP contribution in [-0.4, -0.2) is 36.8 Å². The van der Waals surface area contributed by atoms with E-state index in [9.17, 15) is 8.42 Å². The second-order valence-corrected chi connectivity index (χ2v) is 8.43. The SMILES string of the molecule is CNC(c1c(Br)cnn1C(C)C)C1CCS(=O)(=O)C1. The highest BCUT2D eigenvalue weighted by Gasteiger charge is 2.36. The number of halogens is 1. The van der Waals surface area contributed by atoms with Crippen molar-refractivity contribution < 1.29 is 8.42 Å². The summed E-state index contributed by atoms with van der Waals surface area (Å²) < 4.78 is 26.2. The van der Waals surface area contributed by atoms with Gasteiger partial charge in [0.15, 0.2) is 9.84 Å². The van der Waals surface area contributed by atoms with Gasteiger partial charge in [0.2, 0.25) is 0 Å². The van der Waals surface area contributed by atoms with Gasteiger partial charge in [-0.25, -0.2) is 8.42 Å². The Balaban J connectivity index is 2.35. The van der Waals surface area contributed by atoms with Crippen molar-refractivity contribution in [1.29, 1.82) is 0 Å². The summed E-state index contributed by atoms with van der Waals surface area (Å²) in [6.45, 7) is 4.14. The Morgan fingerprint density at radius 1 is 1.53 bits per heavy atom. The van der Waals surface area contributed by atoms with Crippen LogP contribution in [0.2, 0.25) is 0 Å². The number of rotatable bonds is 4. The van der Waals surface area contributed by atoms with E-state index in [0.717, 1.165) is 10.2 Å². The standard InChI is InChI=1S/C12H20BrN3O2S/c1-8(2)16-12(10(13)6-15-16)11(14-3)9-4-5-19(17,18)7-9/h6,8-9,11,14H,4-5,7H2,1-3H3. The summed E-state index contributed by atoms with van der Waals surface area (Å²) in [5.74, 6) is 0.665. The summed E-state index contributed by atoms with van der Waals surface area (Å²) in [6.07, 6.45) is 2.49. The van der Waals surface area contributed by atoms with Crippen molar-refractivity contribution in [1.82, 2.24) is 15.1 Å². The number of hydrogen-bond acceptors (Lipinski definition) is 4. The molecule has 0 spiro atoms. The van der Waals surface area contributed by atoms with Crippen LogP contribution in [0.1, 0.15) is 38.0 Å². The lowest BCUT2D eigenvalue weighted by Gasteiger charge is -2.25. The first kappa shape index (κ1) is 15.0. The Morgan fingerprint density at radius 3 is 2.68 bits per heavy atom. The fourth-order valence-electron chi connectivity index (χ4n) is 2.74. The zero-order chi connectivity index (χ0) is 14.2. The molecule has 19 heavy (non-hydrogen) atoms. The highest BCUT2D eigenvalue weighted by molar-refractivity contribution is 9.10. The van der Waals surface area contributed by atoms with Crippen LogP contribution in [0.15, 0.2) is 10.7 Å². The third kappa shape index (κ3) is 3.03. The van der Waals surface area contributed by atoms with Gasteiger partial charge in [-0.3, -0.25) is 4.68 Å². The monoisotopic (exact) mass is 349 g/mol. The maximum atomic E-state index is 11.7. The summed E-state index contributed by atoms with van der Waals surface area (Å²) in [4.78, 5) is 0. The van der Waals surface area contributed by atoms with E-state index in [0.29, 0.717) is 12.2 Å². The number of sulfone groups is 1. The zero-order valence-corrected chi connectivity index (χ0v) is 13.8. The Labute approximate surface area is 122 Å². The molecule has 0 saturated carbocycles. The molecule has 2 rings (SSSR count). The van der Waals surface area contributed by atoms with Gasteiger partial charge in [-0.2, -0.15) is 5.10 Å². The predicted molar refractivity (Wildman–Crippen MR) is 78.9 cm³/mol. The van der Waals surface area contributed by atoms with Crippen molar-refractivity contribution in [2.45, 2.75) is 32.4 Å². The Hall–Kier alpha value is -0.400. The summed E-state index contributed by atoms with van der Waals surface area (Å²) >= 11 is 3.53. The fraction of sp³-hybridized carbons (Fsp3) is 0.750. The molecule has 0 aromatic carbocycles. The lowest BCUT2D eigenvalue weighted by molar-refractivity contribution is 0.374. The van der Waals surface area contributed by atoms with Crippen molar-refractivity contribution in [2.75, 3.05) is 18.6 Å². The van der Waals surface area contributed by atoms with E-state index in [-0.39, 0.29) is 23.8 Å². The van der Waals surface area contributed by atoms with Crippen LogP contribution >= 0.6 is 15.9 Å². The average molecular weight is 350 g/mol. The number of hydrogen-bond donors (Lipinski definition) is 1. The molecular weight excluding hydrogens is 330 g/mol. The quantitative estimate of drug-likeness (QED) is 0.901. The molecule has 0 amide bonds. The maximum absolute atomic E-state index is 11.7. The molecule has 1 fully saturated rings. The third-order valence-corrected chi connectivity index (χ3v) is 6.03. The second-order valence-electron chi connectivity index (χ2n) is 5.35. The lowest BCUT2D eigenvalue weighted by atomic mass is 9.96. The van der Waals surface area contributed by atoms with Gasteiger partial charge >= 0.3 is 0 Å². The van der Waals surface area contributed by atoms with Crippen LogP contribution in [0.3, 0.4) is 0 Å². The van der Waals surface area contributed by atoms with Crippen molar-refractivity contribution in [3.05, 3.63) is 16.4 Å². The summed E-state index contributed by atoms with van der Waals surface area (Å²) in [7, 11) is -0.998. The molecule has 0 radical (unpaired) electrons. The molecule has 108 valence electrons. The van der Waals surface area contributed by atoms with Gasteiger partial charge in [0.1, 0.15) is 0 Å². The predicted octanol–water partition coefficient (Wildman–Crippen LogP) is 1.92. The molecule has 0 aliphatic carbocycles. The van der Waals surface area contributed by atoms with E-state index >= 15 is 0 Å². The van der Waals surface area contributed by atoms with Gasteiger partial charge in [-0.1, -0.05) is 0 Å². The van der Waals surface area contributed by atoms with Crippen LogP contribution in [0.4, 0.5) is 0 Å². The van der Waals surface area contributed by atoms with Crippen molar-refractivity contribution in [3.8, 4) is 0 Å². The Morgan fingerprint density at radius 2 is 2.21 bits per heavy atom.